The molecule has 3 nitrogen and oxygen atoms in total. The van der Waals surface area contributed by atoms with Crippen LogP contribution in [-0.2, 0) is 0 Å². The molecule has 0 radical (unpaired) electrons. The quantitative estimate of drug-likeness (QED) is 0.825. The molecule has 3 heteroatoms. The largest absolute Gasteiger partial charge is 0.496 e. The normalized spacial score (nSPS) is 16.4. The lowest BCUT2D eigenvalue weighted by molar-refractivity contribution is 0.134. The first-order valence-corrected chi connectivity index (χ1v) is 6.04. The molecule has 0 heterocycles. The summed E-state index contributed by atoms with van der Waals surface area (Å²) in [7, 11) is 1.67. The summed E-state index contributed by atoms with van der Waals surface area (Å²) in [5.74, 6) is 1.10. The van der Waals surface area contributed by atoms with Crippen LogP contribution in [0.15, 0.2) is 18.2 Å². The van der Waals surface area contributed by atoms with Gasteiger partial charge in [-0.15, -0.1) is 0 Å². The third-order valence-electron chi connectivity index (χ3n) is 3.12. The van der Waals surface area contributed by atoms with Crippen molar-refractivity contribution in [1.29, 1.82) is 0 Å². The van der Waals surface area contributed by atoms with Gasteiger partial charge in [-0.3, -0.25) is 0 Å². The highest BCUT2D eigenvalue weighted by molar-refractivity contribution is 5.39. The maximum Gasteiger partial charge on any atom is 0.122 e. The van der Waals surface area contributed by atoms with E-state index in [4.69, 9.17) is 10.5 Å². The lowest BCUT2D eigenvalue weighted by Crippen LogP contribution is -2.32. The number of aliphatic hydroxyl groups excluding tert-OH is 1. The second-order valence-corrected chi connectivity index (χ2v) is 4.81. The van der Waals surface area contributed by atoms with Gasteiger partial charge in [-0.05, 0) is 37.8 Å². The summed E-state index contributed by atoms with van der Waals surface area (Å²) < 4.78 is 5.35. The Labute approximate surface area is 104 Å². The first kappa shape index (κ1) is 14.0. The standard InChI is InChI=1S/C14H23NO2/c1-9-5-6-14(17-4)12(7-9)10(2)8-13(16)11(3)15/h5-7,10-11,13,16H,8,15H2,1-4H3. The zero-order valence-corrected chi connectivity index (χ0v) is 11.1. The van der Waals surface area contributed by atoms with E-state index < -0.39 is 6.10 Å². The van der Waals surface area contributed by atoms with E-state index in [9.17, 15) is 5.11 Å². The Balaban J connectivity index is 2.87. The molecular formula is C14H23NO2. The number of benzene rings is 1. The van der Waals surface area contributed by atoms with Crippen molar-refractivity contribution in [1.82, 2.24) is 0 Å². The average molecular weight is 237 g/mol. The smallest absolute Gasteiger partial charge is 0.122 e. The Morgan fingerprint density at radius 1 is 1.35 bits per heavy atom. The number of ether oxygens (including phenoxy) is 1. The van der Waals surface area contributed by atoms with E-state index in [1.165, 1.54) is 5.56 Å². The van der Waals surface area contributed by atoms with Gasteiger partial charge in [0.1, 0.15) is 5.75 Å². The Morgan fingerprint density at radius 3 is 2.53 bits per heavy atom. The summed E-state index contributed by atoms with van der Waals surface area (Å²) in [6.45, 7) is 5.96. The second kappa shape index (κ2) is 6.03. The molecule has 0 saturated carbocycles. The Morgan fingerprint density at radius 2 is 2.00 bits per heavy atom. The maximum absolute atomic E-state index is 9.83. The highest BCUT2D eigenvalue weighted by atomic mass is 16.5. The van der Waals surface area contributed by atoms with Gasteiger partial charge in [0.05, 0.1) is 13.2 Å². The summed E-state index contributed by atoms with van der Waals surface area (Å²) >= 11 is 0. The fourth-order valence-electron chi connectivity index (χ4n) is 1.94. The van der Waals surface area contributed by atoms with Crippen LogP contribution in [0.2, 0.25) is 0 Å². The molecule has 0 fully saturated rings. The Bertz CT molecular complexity index is 363. The predicted octanol–water partition coefficient (Wildman–Crippen LogP) is 2.21. The van der Waals surface area contributed by atoms with Crippen molar-refractivity contribution in [2.45, 2.75) is 45.3 Å². The highest BCUT2D eigenvalue weighted by Gasteiger charge is 2.18. The van der Waals surface area contributed by atoms with Crippen molar-refractivity contribution in [3.05, 3.63) is 29.3 Å². The van der Waals surface area contributed by atoms with E-state index in [1.54, 1.807) is 7.11 Å². The Hall–Kier alpha value is -1.06. The molecule has 3 N–H and O–H groups in total. The number of aryl methyl sites for hydroxylation is 1. The summed E-state index contributed by atoms with van der Waals surface area (Å²) in [5.41, 5.74) is 8.01. The van der Waals surface area contributed by atoms with Crippen LogP contribution in [0.25, 0.3) is 0 Å². The fourth-order valence-corrected chi connectivity index (χ4v) is 1.94. The zero-order chi connectivity index (χ0) is 13.0. The van der Waals surface area contributed by atoms with Crippen LogP contribution < -0.4 is 10.5 Å². The number of aliphatic hydroxyl groups is 1. The third kappa shape index (κ3) is 3.72. The van der Waals surface area contributed by atoms with Crippen molar-refractivity contribution in [2.24, 2.45) is 5.73 Å². The van der Waals surface area contributed by atoms with Crippen LogP contribution in [0, 0.1) is 6.92 Å². The lowest BCUT2D eigenvalue weighted by Gasteiger charge is -2.21. The van der Waals surface area contributed by atoms with Crippen molar-refractivity contribution in [3.8, 4) is 5.75 Å². The summed E-state index contributed by atoms with van der Waals surface area (Å²) in [6.07, 6.45) is 0.174. The Kier molecular flexibility index (Phi) is 4.97. The highest BCUT2D eigenvalue weighted by Crippen LogP contribution is 2.30. The molecule has 1 aromatic rings. The second-order valence-electron chi connectivity index (χ2n) is 4.81. The van der Waals surface area contributed by atoms with Crippen LogP contribution >= 0.6 is 0 Å². The van der Waals surface area contributed by atoms with Crippen LogP contribution in [0.4, 0.5) is 0 Å². The fraction of sp³-hybridized carbons (Fsp3) is 0.571. The molecule has 0 aliphatic heterocycles. The van der Waals surface area contributed by atoms with Crippen LogP contribution in [0.1, 0.15) is 37.3 Å². The molecule has 3 unspecified atom stereocenters. The van der Waals surface area contributed by atoms with Gasteiger partial charge in [0.25, 0.3) is 0 Å². The molecule has 0 aromatic heterocycles. The SMILES string of the molecule is COc1ccc(C)cc1C(C)CC(O)C(C)N. The van der Waals surface area contributed by atoms with Crippen LogP contribution in [0.3, 0.4) is 0 Å². The van der Waals surface area contributed by atoms with Crippen molar-refractivity contribution in [3.63, 3.8) is 0 Å². The van der Waals surface area contributed by atoms with Gasteiger partial charge < -0.3 is 15.6 Å². The minimum atomic E-state index is -0.477. The molecule has 1 rings (SSSR count). The predicted molar refractivity (Wildman–Crippen MR) is 70.4 cm³/mol. The van der Waals surface area contributed by atoms with Gasteiger partial charge in [-0.25, -0.2) is 0 Å². The first-order valence-electron chi connectivity index (χ1n) is 6.04. The van der Waals surface area contributed by atoms with E-state index >= 15 is 0 Å². The van der Waals surface area contributed by atoms with Crippen LogP contribution in [-0.4, -0.2) is 24.4 Å². The number of hydrogen-bond donors (Lipinski definition) is 2. The average Bonchev–Trinajstić information content (AvgIpc) is 2.28. The van der Waals surface area contributed by atoms with Crippen LogP contribution in [0.5, 0.6) is 5.75 Å². The number of methoxy groups -OCH3 is 1. The molecule has 0 saturated heterocycles. The van der Waals surface area contributed by atoms with Crippen molar-refractivity contribution in [2.75, 3.05) is 7.11 Å². The van der Waals surface area contributed by atoms with Gasteiger partial charge in [0, 0.05) is 6.04 Å². The zero-order valence-electron chi connectivity index (χ0n) is 11.1. The molecule has 0 aliphatic carbocycles. The topological polar surface area (TPSA) is 55.5 Å². The van der Waals surface area contributed by atoms with Gasteiger partial charge >= 0.3 is 0 Å². The van der Waals surface area contributed by atoms with Gasteiger partial charge in [0.2, 0.25) is 0 Å². The number of rotatable bonds is 5. The van der Waals surface area contributed by atoms with E-state index in [1.807, 2.05) is 19.1 Å². The molecule has 3 atom stereocenters. The molecular weight excluding hydrogens is 214 g/mol. The van der Waals surface area contributed by atoms with E-state index in [0.29, 0.717) is 6.42 Å². The van der Waals surface area contributed by atoms with E-state index in [-0.39, 0.29) is 12.0 Å². The first-order chi connectivity index (χ1) is 7.95. The number of hydrogen-bond acceptors (Lipinski definition) is 3. The third-order valence-corrected chi connectivity index (χ3v) is 3.12. The summed E-state index contributed by atoms with van der Waals surface area (Å²) in [5, 5.41) is 9.83. The molecule has 0 aliphatic rings. The molecule has 1 aromatic carbocycles. The van der Waals surface area contributed by atoms with Gasteiger partial charge in [-0.1, -0.05) is 24.6 Å². The van der Waals surface area contributed by atoms with Crippen molar-refractivity contribution < 1.29 is 9.84 Å². The molecule has 0 spiro atoms. The van der Waals surface area contributed by atoms with E-state index in [0.717, 1.165) is 11.3 Å². The summed E-state index contributed by atoms with van der Waals surface area (Å²) in [4.78, 5) is 0. The number of nitrogens with two attached hydrogens (primary N) is 1. The van der Waals surface area contributed by atoms with E-state index in [2.05, 4.69) is 19.9 Å². The lowest BCUT2D eigenvalue weighted by atomic mass is 9.91. The minimum absolute atomic E-state index is 0.201. The molecule has 0 amide bonds. The van der Waals surface area contributed by atoms with Gasteiger partial charge in [-0.2, -0.15) is 0 Å². The molecule has 17 heavy (non-hydrogen) atoms. The molecule has 96 valence electrons. The van der Waals surface area contributed by atoms with Crippen molar-refractivity contribution >= 4 is 0 Å². The molecule has 0 bridgehead atoms. The minimum Gasteiger partial charge on any atom is -0.496 e. The monoisotopic (exact) mass is 237 g/mol. The summed E-state index contributed by atoms with van der Waals surface area (Å²) in [6, 6.07) is 5.90. The van der Waals surface area contributed by atoms with Gasteiger partial charge in [0.15, 0.2) is 0 Å². The maximum atomic E-state index is 9.83.